The Kier molecular flexibility index (Phi) is 7.50. The van der Waals surface area contributed by atoms with E-state index in [1.165, 1.54) is 0 Å². The first kappa shape index (κ1) is 17.1. The minimum absolute atomic E-state index is 0.0494. The van der Waals surface area contributed by atoms with Crippen LogP contribution in [0.15, 0.2) is 12.7 Å². The van der Waals surface area contributed by atoms with E-state index in [1.807, 2.05) is 0 Å². The molecule has 0 amide bonds. The van der Waals surface area contributed by atoms with Gasteiger partial charge in [0.15, 0.2) is 16.6 Å². The van der Waals surface area contributed by atoms with Gasteiger partial charge in [-0.1, -0.05) is 6.08 Å². The molecule has 5 heteroatoms. The minimum atomic E-state index is -1.55. The molecule has 3 nitrogen and oxygen atoms in total. The molecular weight excluding hydrogens is 248 g/mol. The maximum atomic E-state index is 6.06. The van der Waals surface area contributed by atoms with Gasteiger partial charge in [-0.3, -0.25) is 0 Å². The van der Waals surface area contributed by atoms with E-state index in [-0.39, 0.29) is 6.10 Å². The van der Waals surface area contributed by atoms with Crippen LogP contribution < -0.4 is 0 Å². The summed E-state index contributed by atoms with van der Waals surface area (Å²) in [6, 6.07) is 0. The van der Waals surface area contributed by atoms with E-state index in [2.05, 4.69) is 45.9 Å². The van der Waals surface area contributed by atoms with Crippen LogP contribution in [0.1, 0.15) is 0 Å². The van der Waals surface area contributed by atoms with Crippen molar-refractivity contribution in [3.8, 4) is 0 Å². The van der Waals surface area contributed by atoms with Crippen LogP contribution >= 0.6 is 0 Å². The second kappa shape index (κ2) is 7.48. The summed E-state index contributed by atoms with van der Waals surface area (Å²) in [5, 5.41) is 0. The summed E-state index contributed by atoms with van der Waals surface area (Å²) in [6.45, 7) is 18.5. The van der Waals surface area contributed by atoms with Gasteiger partial charge >= 0.3 is 0 Å². The Hall–Kier alpha value is 0.0538. The summed E-state index contributed by atoms with van der Waals surface area (Å²) in [4.78, 5) is 0. The first-order valence-electron chi connectivity index (χ1n) is 6.14. The van der Waals surface area contributed by atoms with Crippen LogP contribution in [0.25, 0.3) is 0 Å². The van der Waals surface area contributed by atoms with Crippen molar-refractivity contribution in [2.45, 2.75) is 45.4 Å². The monoisotopic (exact) mass is 276 g/mol. The van der Waals surface area contributed by atoms with Gasteiger partial charge in [-0.05, 0) is 39.3 Å². The van der Waals surface area contributed by atoms with Crippen molar-refractivity contribution in [3.63, 3.8) is 0 Å². The fourth-order valence-corrected chi connectivity index (χ4v) is 3.06. The molecule has 0 aromatic heterocycles. The van der Waals surface area contributed by atoms with Gasteiger partial charge in [-0.2, -0.15) is 0 Å². The highest BCUT2D eigenvalue weighted by atomic mass is 28.4. The summed E-state index contributed by atoms with van der Waals surface area (Å²) < 4.78 is 17.4. The van der Waals surface area contributed by atoms with Gasteiger partial charge in [-0.25, -0.2) is 0 Å². The summed E-state index contributed by atoms with van der Waals surface area (Å²) >= 11 is 0. The Morgan fingerprint density at radius 1 is 1.00 bits per heavy atom. The molecule has 0 heterocycles. The van der Waals surface area contributed by atoms with E-state index in [0.29, 0.717) is 19.8 Å². The van der Waals surface area contributed by atoms with E-state index >= 15 is 0 Å². The Balaban J connectivity index is 4.15. The first-order valence-corrected chi connectivity index (χ1v) is 13.0. The maximum absolute atomic E-state index is 6.06. The van der Waals surface area contributed by atoms with Crippen molar-refractivity contribution in [1.82, 2.24) is 0 Å². The van der Waals surface area contributed by atoms with Crippen LogP contribution in [0.4, 0.5) is 0 Å². The van der Waals surface area contributed by atoms with Gasteiger partial charge in [0.2, 0.25) is 0 Å². The first-order chi connectivity index (χ1) is 7.64. The maximum Gasteiger partial charge on any atom is 0.184 e. The average Bonchev–Trinajstić information content (AvgIpc) is 2.11. The molecule has 0 radical (unpaired) electrons. The second-order valence-electron chi connectivity index (χ2n) is 6.10. The van der Waals surface area contributed by atoms with E-state index in [4.69, 9.17) is 13.6 Å². The van der Waals surface area contributed by atoms with E-state index in [0.717, 1.165) is 0 Å². The topological polar surface area (TPSA) is 27.7 Å². The second-order valence-corrected chi connectivity index (χ2v) is 15.1. The Labute approximate surface area is 108 Å². The Morgan fingerprint density at radius 3 is 2.00 bits per heavy atom. The van der Waals surface area contributed by atoms with E-state index in [1.54, 1.807) is 6.08 Å². The van der Waals surface area contributed by atoms with Crippen molar-refractivity contribution in [1.29, 1.82) is 0 Å². The van der Waals surface area contributed by atoms with Crippen molar-refractivity contribution in [3.05, 3.63) is 12.7 Å². The molecule has 0 saturated heterocycles. The molecule has 0 aliphatic carbocycles. The van der Waals surface area contributed by atoms with Crippen LogP contribution in [0, 0.1) is 0 Å². The zero-order chi connectivity index (χ0) is 13.5. The molecule has 0 fully saturated rings. The van der Waals surface area contributed by atoms with E-state index in [9.17, 15) is 0 Å². The lowest BCUT2D eigenvalue weighted by molar-refractivity contribution is 0.0301. The predicted molar refractivity (Wildman–Crippen MR) is 78.5 cm³/mol. The Morgan fingerprint density at radius 2 is 1.59 bits per heavy atom. The smallest absolute Gasteiger partial charge is 0.184 e. The number of ether oxygens (including phenoxy) is 1. The molecule has 0 rings (SSSR count). The van der Waals surface area contributed by atoms with Crippen molar-refractivity contribution in [2.75, 3.05) is 19.8 Å². The molecule has 0 spiro atoms. The van der Waals surface area contributed by atoms with Crippen LogP contribution in [0.3, 0.4) is 0 Å². The summed E-state index contributed by atoms with van der Waals surface area (Å²) in [7, 11) is -3.03. The molecule has 1 unspecified atom stereocenters. The molecule has 0 aliphatic rings. The molecule has 0 bridgehead atoms. The standard InChI is InChI=1S/C12H28O3Si2/c1-8-9-13-10-12(15-17(5,6)7)11-14-16(2,3)4/h8,12H,1,9-11H2,2-7H3. The summed E-state index contributed by atoms with van der Waals surface area (Å²) in [5.41, 5.74) is 0. The van der Waals surface area contributed by atoms with Crippen LogP contribution in [-0.4, -0.2) is 42.6 Å². The largest absolute Gasteiger partial charge is 0.415 e. The third kappa shape index (κ3) is 12.3. The minimum Gasteiger partial charge on any atom is -0.415 e. The van der Waals surface area contributed by atoms with Crippen molar-refractivity contribution >= 4 is 16.6 Å². The zero-order valence-electron chi connectivity index (χ0n) is 12.2. The zero-order valence-corrected chi connectivity index (χ0v) is 14.2. The fourth-order valence-electron chi connectivity index (χ4n) is 1.24. The van der Waals surface area contributed by atoms with Crippen molar-refractivity contribution < 1.29 is 13.6 Å². The molecule has 1 atom stereocenters. The molecule has 102 valence electrons. The summed E-state index contributed by atoms with van der Waals surface area (Å²) in [5.74, 6) is 0. The lowest BCUT2D eigenvalue weighted by atomic mass is 10.4. The SMILES string of the molecule is C=CCOCC(CO[Si](C)(C)C)O[Si](C)(C)C. The third-order valence-electron chi connectivity index (χ3n) is 1.76. The van der Waals surface area contributed by atoms with Crippen LogP contribution in [0.2, 0.25) is 39.3 Å². The highest BCUT2D eigenvalue weighted by Crippen LogP contribution is 2.11. The van der Waals surface area contributed by atoms with Gasteiger partial charge in [0.25, 0.3) is 0 Å². The van der Waals surface area contributed by atoms with E-state index < -0.39 is 16.6 Å². The lowest BCUT2D eigenvalue weighted by Crippen LogP contribution is -2.40. The highest BCUT2D eigenvalue weighted by Gasteiger charge is 2.24. The number of hydrogen-bond donors (Lipinski definition) is 0. The normalized spacial score (nSPS) is 14.7. The highest BCUT2D eigenvalue weighted by molar-refractivity contribution is 6.70. The molecule has 17 heavy (non-hydrogen) atoms. The van der Waals surface area contributed by atoms with Crippen molar-refractivity contribution in [2.24, 2.45) is 0 Å². The third-order valence-corrected chi connectivity index (χ3v) is 3.84. The average molecular weight is 277 g/mol. The predicted octanol–water partition coefficient (Wildman–Crippen LogP) is 3.26. The van der Waals surface area contributed by atoms with Gasteiger partial charge in [-0.15, -0.1) is 6.58 Å². The number of hydrogen-bond acceptors (Lipinski definition) is 3. The molecule has 0 aliphatic heterocycles. The fraction of sp³-hybridized carbons (Fsp3) is 0.833. The lowest BCUT2D eigenvalue weighted by Gasteiger charge is -2.28. The molecule has 0 aromatic rings. The van der Waals surface area contributed by atoms with Crippen LogP contribution in [0.5, 0.6) is 0 Å². The Bertz CT molecular complexity index is 219. The molecular formula is C12H28O3Si2. The van der Waals surface area contributed by atoms with Gasteiger partial charge in [0.1, 0.15) is 0 Å². The summed E-state index contributed by atoms with van der Waals surface area (Å²) in [6.07, 6.45) is 1.80. The quantitative estimate of drug-likeness (QED) is 0.367. The number of rotatable bonds is 9. The molecule has 0 saturated carbocycles. The molecule has 0 N–H and O–H groups in total. The molecule has 0 aromatic carbocycles. The van der Waals surface area contributed by atoms with Gasteiger partial charge in [0, 0.05) is 0 Å². The van der Waals surface area contributed by atoms with Crippen LogP contribution in [-0.2, 0) is 13.6 Å². The van der Waals surface area contributed by atoms with Gasteiger partial charge < -0.3 is 13.6 Å². The van der Waals surface area contributed by atoms with Gasteiger partial charge in [0.05, 0.1) is 25.9 Å².